The Bertz CT molecular complexity index is 1580. The van der Waals surface area contributed by atoms with Gasteiger partial charge in [-0.15, -0.1) is 0 Å². The molecule has 16 heteroatoms. The number of fused-ring (bicyclic) bond motifs is 3. The quantitative estimate of drug-likeness (QED) is 0.349. The summed E-state index contributed by atoms with van der Waals surface area (Å²) in [6.07, 6.45) is -14.5. The van der Waals surface area contributed by atoms with Crippen molar-refractivity contribution >= 4 is 21.7 Å². The summed E-state index contributed by atoms with van der Waals surface area (Å²) in [5.74, 6) is -1.85. The molecule has 2 amide bonds. The molecule has 44 heavy (non-hydrogen) atoms. The van der Waals surface area contributed by atoms with E-state index in [1.807, 2.05) is 0 Å². The molecule has 5 rings (SSSR count). The minimum absolute atomic E-state index is 0.0288. The summed E-state index contributed by atoms with van der Waals surface area (Å²) in [4.78, 5) is 28.4. The SMILES string of the molecule is CO[C@H]1C[C@H](C(=O)N2CC[C@@]3(S(=O)(=O)c4ccc(F)cc4)c4ccc(C(F)(C(F)(F)F)C(F)(F)F)cc4CC[C@@H]23)N(C)C1=O. The van der Waals surface area contributed by atoms with Crippen molar-refractivity contribution in [1.82, 2.24) is 9.80 Å². The number of sulfone groups is 1. The van der Waals surface area contributed by atoms with Gasteiger partial charge in [0.05, 0.1) is 10.9 Å². The van der Waals surface area contributed by atoms with Gasteiger partial charge in [-0.2, -0.15) is 26.3 Å². The zero-order valence-electron chi connectivity index (χ0n) is 23.2. The second kappa shape index (κ2) is 10.4. The molecule has 0 unspecified atom stereocenters. The molecule has 0 bridgehead atoms. The number of amides is 2. The summed E-state index contributed by atoms with van der Waals surface area (Å²) >= 11 is 0. The van der Waals surface area contributed by atoms with Crippen molar-refractivity contribution in [2.24, 2.45) is 0 Å². The summed E-state index contributed by atoms with van der Waals surface area (Å²) < 4.78 is 142. The number of benzene rings is 2. The van der Waals surface area contributed by atoms with E-state index >= 15 is 0 Å². The molecule has 7 nitrogen and oxygen atoms in total. The summed E-state index contributed by atoms with van der Waals surface area (Å²) in [5, 5.41) is 0. The lowest BCUT2D eigenvalue weighted by Crippen LogP contribution is -2.55. The average Bonchev–Trinajstić information content (AvgIpc) is 3.49. The molecular formula is C28H26F8N2O5S. The van der Waals surface area contributed by atoms with E-state index in [9.17, 15) is 53.1 Å². The molecule has 0 N–H and O–H groups in total. The summed E-state index contributed by atoms with van der Waals surface area (Å²) in [7, 11) is -1.96. The number of aryl methyl sites for hydroxylation is 1. The van der Waals surface area contributed by atoms with Crippen molar-refractivity contribution in [2.75, 3.05) is 20.7 Å². The summed E-state index contributed by atoms with van der Waals surface area (Å²) in [6.45, 7) is -0.195. The van der Waals surface area contributed by atoms with Crippen molar-refractivity contribution in [2.45, 2.75) is 71.5 Å². The molecule has 2 fully saturated rings. The van der Waals surface area contributed by atoms with E-state index in [2.05, 4.69) is 0 Å². The van der Waals surface area contributed by atoms with Crippen LogP contribution in [0.1, 0.15) is 36.0 Å². The molecule has 2 aliphatic heterocycles. The van der Waals surface area contributed by atoms with Crippen molar-refractivity contribution in [3.63, 3.8) is 0 Å². The van der Waals surface area contributed by atoms with Gasteiger partial charge in [-0.25, -0.2) is 17.2 Å². The Balaban J connectivity index is 1.67. The fourth-order valence-electron chi connectivity index (χ4n) is 6.82. The van der Waals surface area contributed by atoms with Crippen LogP contribution in [0.2, 0.25) is 0 Å². The third-order valence-corrected chi connectivity index (χ3v) is 11.6. The van der Waals surface area contributed by atoms with E-state index in [1.165, 1.54) is 24.0 Å². The van der Waals surface area contributed by atoms with Gasteiger partial charge >= 0.3 is 18.0 Å². The van der Waals surface area contributed by atoms with Crippen LogP contribution in [0.25, 0.3) is 0 Å². The number of likely N-dealkylation sites (N-methyl/N-ethyl adjacent to an activating group) is 1. The monoisotopic (exact) mass is 654 g/mol. The normalized spacial score (nSPS) is 26.1. The van der Waals surface area contributed by atoms with Crippen LogP contribution in [-0.4, -0.2) is 81.3 Å². The second-order valence-corrected chi connectivity index (χ2v) is 13.3. The molecule has 2 heterocycles. The fourth-order valence-corrected chi connectivity index (χ4v) is 9.18. The van der Waals surface area contributed by atoms with Crippen molar-refractivity contribution in [1.29, 1.82) is 0 Å². The highest BCUT2D eigenvalue weighted by molar-refractivity contribution is 7.92. The van der Waals surface area contributed by atoms with Crippen LogP contribution in [0.15, 0.2) is 47.4 Å². The molecule has 2 aromatic carbocycles. The van der Waals surface area contributed by atoms with E-state index in [1.54, 1.807) is 0 Å². The number of likely N-dealkylation sites (tertiary alicyclic amines) is 2. The van der Waals surface area contributed by atoms with E-state index in [-0.39, 0.29) is 49.4 Å². The van der Waals surface area contributed by atoms with E-state index in [0.717, 1.165) is 30.3 Å². The lowest BCUT2D eigenvalue weighted by Gasteiger charge is -2.43. The number of rotatable bonds is 5. The van der Waals surface area contributed by atoms with Crippen LogP contribution in [0.5, 0.6) is 0 Å². The maximum Gasteiger partial charge on any atom is 0.435 e. The number of hydrogen-bond donors (Lipinski definition) is 0. The first-order valence-corrected chi connectivity index (χ1v) is 14.9. The van der Waals surface area contributed by atoms with Gasteiger partial charge in [0.1, 0.15) is 22.7 Å². The zero-order chi connectivity index (χ0) is 32.6. The van der Waals surface area contributed by atoms with Crippen LogP contribution in [0.3, 0.4) is 0 Å². The molecule has 0 spiro atoms. The maximum atomic E-state index is 15.0. The number of methoxy groups -OCH3 is 1. The predicted molar refractivity (Wildman–Crippen MR) is 137 cm³/mol. The van der Waals surface area contributed by atoms with E-state index in [0.29, 0.717) is 6.07 Å². The van der Waals surface area contributed by atoms with Crippen LogP contribution >= 0.6 is 0 Å². The van der Waals surface area contributed by atoms with Crippen molar-refractivity contribution in [3.8, 4) is 0 Å². The topological polar surface area (TPSA) is 84.0 Å². The summed E-state index contributed by atoms with van der Waals surface area (Å²) in [5.41, 5.74) is -7.94. The first-order chi connectivity index (χ1) is 20.3. The van der Waals surface area contributed by atoms with Crippen LogP contribution < -0.4 is 0 Å². The largest absolute Gasteiger partial charge is 0.435 e. The second-order valence-electron chi connectivity index (χ2n) is 11.1. The molecule has 2 saturated heterocycles. The number of halogens is 8. The first kappa shape index (κ1) is 32.1. The standard InChI is InChI=1S/C28H26F8N2O5S/c1-37-20(14-21(43-2)24(37)40)23(39)38-12-11-25(44(41,42)18-7-5-17(29)6-8-18)19-9-4-16(13-15(19)3-10-22(25)38)26(30,27(31,32)33)28(34,35)36/h4-9,13,20-22H,3,10-12,14H2,1-2H3/t20-,21+,22-,25-/m1/s1. The van der Waals surface area contributed by atoms with Gasteiger partial charge in [0.2, 0.25) is 5.91 Å². The Morgan fingerprint density at radius 3 is 2.16 bits per heavy atom. The van der Waals surface area contributed by atoms with Gasteiger partial charge in [0.15, 0.2) is 9.84 Å². The predicted octanol–water partition coefficient (Wildman–Crippen LogP) is 4.58. The Hall–Kier alpha value is -3.27. The van der Waals surface area contributed by atoms with Gasteiger partial charge in [-0.05, 0) is 54.7 Å². The Morgan fingerprint density at radius 1 is 1.00 bits per heavy atom. The molecule has 1 aliphatic carbocycles. The number of nitrogens with zero attached hydrogens (tertiary/aromatic N) is 2. The summed E-state index contributed by atoms with van der Waals surface area (Å²) in [6, 6.07) is 2.87. The van der Waals surface area contributed by atoms with E-state index < -0.39 is 78.9 Å². The van der Waals surface area contributed by atoms with Crippen molar-refractivity contribution in [3.05, 3.63) is 65.0 Å². The lowest BCUT2D eigenvalue weighted by molar-refractivity contribution is -0.348. The highest BCUT2D eigenvalue weighted by Gasteiger charge is 2.74. The zero-order valence-corrected chi connectivity index (χ0v) is 24.0. The van der Waals surface area contributed by atoms with Gasteiger partial charge in [-0.1, -0.05) is 18.2 Å². The Labute approximate surface area is 246 Å². The molecule has 2 aromatic rings. The number of carbonyl (C=O) groups excluding carboxylic acids is 2. The molecule has 4 atom stereocenters. The molecule has 240 valence electrons. The number of hydrogen-bond acceptors (Lipinski definition) is 5. The van der Waals surface area contributed by atoms with E-state index in [4.69, 9.17) is 4.74 Å². The first-order valence-electron chi connectivity index (χ1n) is 13.4. The highest BCUT2D eigenvalue weighted by atomic mass is 32.2. The maximum absolute atomic E-state index is 15.0. The Kier molecular flexibility index (Phi) is 7.59. The number of alkyl halides is 7. The Morgan fingerprint density at radius 2 is 1.61 bits per heavy atom. The van der Waals surface area contributed by atoms with Crippen LogP contribution in [0, 0.1) is 5.82 Å². The average molecular weight is 655 g/mol. The highest BCUT2D eigenvalue weighted by Crippen LogP contribution is 2.57. The smallest absolute Gasteiger partial charge is 0.372 e. The molecule has 0 saturated carbocycles. The van der Waals surface area contributed by atoms with Crippen LogP contribution in [-0.2, 0) is 41.0 Å². The minimum Gasteiger partial charge on any atom is -0.372 e. The lowest BCUT2D eigenvalue weighted by atomic mass is 9.76. The van der Waals surface area contributed by atoms with Gasteiger partial charge in [0.25, 0.3) is 5.91 Å². The molecule has 0 aromatic heterocycles. The van der Waals surface area contributed by atoms with Gasteiger partial charge in [-0.3, -0.25) is 9.59 Å². The number of ether oxygens (including phenoxy) is 1. The fraction of sp³-hybridized carbons (Fsp3) is 0.500. The van der Waals surface area contributed by atoms with Gasteiger partial charge in [0, 0.05) is 32.7 Å². The third-order valence-electron chi connectivity index (χ3n) is 9.05. The molecule has 3 aliphatic rings. The third kappa shape index (κ3) is 4.42. The molecule has 0 radical (unpaired) electrons. The molecular weight excluding hydrogens is 628 g/mol. The minimum atomic E-state index is -6.38. The van der Waals surface area contributed by atoms with Crippen LogP contribution in [0.4, 0.5) is 35.1 Å². The number of carbonyl (C=O) groups is 2. The van der Waals surface area contributed by atoms with Crippen molar-refractivity contribution < 1.29 is 57.9 Å². The van der Waals surface area contributed by atoms with Gasteiger partial charge < -0.3 is 14.5 Å².